The largest absolute Gasteiger partial charge is 0.390 e. The zero-order chi connectivity index (χ0) is 13.5. The molecule has 102 valence electrons. The van der Waals surface area contributed by atoms with E-state index < -0.39 is 0 Å². The molecule has 0 saturated heterocycles. The second-order valence-electron chi connectivity index (χ2n) is 4.48. The molecule has 18 heavy (non-hydrogen) atoms. The first-order chi connectivity index (χ1) is 8.56. The van der Waals surface area contributed by atoms with Crippen molar-refractivity contribution in [2.45, 2.75) is 26.9 Å². The van der Waals surface area contributed by atoms with Gasteiger partial charge in [0.05, 0.1) is 6.10 Å². The average molecular weight is 362 g/mol. The Labute approximate surface area is 124 Å². The molecule has 0 aromatic heterocycles. The number of hydrogen-bond donors (Lipinski definition) is 2. The van der Waals surface area contributed by atoms with Gasteiger partial charge in [-0.1, -0.05) is 19.9 Å². The molecule has 0 aliphatic heterocycles. The Morgan fingerprint density at radius 2 is 2.00 bits per heavy atom. The van der Waals surface area contributed by atoms with E-state index in [1.54, 1.807) is 0 Å². The summed E-state index contributed by atoms with van der Waals surface area (Å²) in [4.78, 5) is 2.23. The lowest BCUT2D eigenvalue weighted by Gasteiger charge is -2.22. The van der Waals surface area contributed by atoms with Crippen LogP contribution in [0.3, 0.4) is 0 Å². The van der Waals surface area contributed by atoms with Gasteiger partial charge in [-0.2, -0.15) is 0 Å². The molecular weight excluding hydrogens is 339 g/mol. The number of aryl methyl sites for hydroxylation is 1. The van der Waals surface area contributed by atoms with Crippen LogP contribution in [0.1, 0.15) is 19.4 Å². The van der Waals surface area contributed by atoms with E-state index in [0.717, 1.165) is 25.3 Å². The minimum absolute atomic E-state index is 0.331. The molecule has 1 aromatic carbocycles. The van der Waals surface area contributed by atoms with E-state index in [2.05, 4.69) is 71.8 Å². The van der Waals surface area contributed by atoms with E-state index in [9.17, 15) is 5.11 Å². The third kappa shape index (κ3) is 5.12. The molecule has 0 aliphatic carbocycles. The number of rotatable bonds is 7. The number of nitrogens with zero attached hydrogens (tertiary/aromatic N) is 1. The normalized spacial score (nSPS) is 12.8. The van der Waals surface area contributed by atoms with Crippen molar-refractivity contribution < 1.29 is 5.11 Å². The Kier molecular flexibility index (Phi) is 6.96. The molecule has 0 heterocycles. The van der Waals surface area contributed by atoms with Crippen molar-refractivity contribution in [3.05, 3.63) is 27.3 Å². The highest BCUT2D eigenvalue weighted by Crippen LogP contribution is 2.18. The van der Waals surface area contributed by atoms with Gasteiger partial charge in [-0.25, -0.2) is 0 Å². The number of aliphatic hydroxyl groups is 1. The fourth-order valence-corrected chi connectivity index (χ4v) is 2.35. The van der Waals surface area contributed by atoms with Gasteiger partial charge >= 0.3 is 0 Å². The Balaban J connectivity index is 2.46. The first-order valence-electron chi connectivity index (χ1n) is 6.47. The summed E-state index contributed by atoms with van der Waals surface area (Å²) in [6, 6.07) is 6.30. The van der Waals surface area contributed by atoms with Gasteiger partial charge in [-0.05, 0) is 60.3 Å². The molecule has 1 rings (SSSR count). The molecule has 0 aliphatic rings. The van der Waals surface area contributed by atoms with Crippen molar-refractivity contribution in [2.24, 2.45) is 0 Å². The van der Waals surface area contributed by atoms with Crippen LogP contribution in [0.15, 0.2) is 18.2 Å². The molecule has 1 unspecified atom stereocenters. The van der Waals surface area contributed by atoms with Crippen LogP contribution in [-0.4, -0.2) is 42.3 Å². The molecule has 4 heteroatoms. The first kappa shape index (κ1) is 15.7. The van der Waals surface area contributed by atoms with Gasteiger partial charge in [0.15, 0.2) is 0 Å². The molecule has 0 radical (unpaired) electrons. The third-order valence-electron chi connectivity index (χ3n) is 3.09. The van der Waals surface area contributed by atoms with Crippen molar-refractivity contribution in [3.8, 4) is 0 Å². The van der Waals surface area contributed by atoms with E-state index in [0.29, 0.717) is 6.54 Å². The number of likely N-dealkylation sites (N-methyl/N-ethyl adjacent to an activating group) is 1. The Morgan fingerprint density at radius 1 is 1.33 bits per heavy atom. The summed E-state index contributed by atoms with van der Waals surface area (Å²) < 4.78 is 1.21. The second-order valence-corrected chi connectivity index (χ2v) is 5.73. The predicted octanol–water partition coefficient (Wildman–Crippen LogP) is 2.71. The third-order valence-corrected chi connectivity index (χ3v) is 3.76. The van der Waals surface area contributed by atoms with Gasteiger partial charge in [-0.15, -0.1) is 0 Å². The fraction of sp³-hybridized carbons (Fsp3) is 0.571. The molecule has 0 amide bonds. The Hall–Kier alpha value is -0.330. The molecule has 0 bridgehead atoms. The topological polar surface area (TPSA) is 35.5 Å². The monoisotopic (exact) mass is 362 g/mol. The second kappa shape index (κ2) is 7.96. The van der Waals surface area contributed by atoms with Crippen molar-refractivity contribution in [1.82, 2.24) is 4.90 Å². The number of nitrogens with one attached hydrogen (secondary N) is 1. The number of halogens is 1. The highest BCUT2D eigenvalue weighted by Gasteiger charge is 2.09. The Morgan fingerprint density at radius 3 is 2.61 bits per heavy atom. The summed E-state index contributed by atoms with van der Waals surface area (Å²) in [5.74, 6) is 0. The summed E-state index contributed by atoms with van der Waals surface area (Å²) in [5, 5.41) is 13.3. The van der Waals surface area contributed by atoms with Gasteiger partial charge in [0.25, 0.3) is 0 Å². The smallest absolute Gasteiger partial charge is 0.0839 e. The van der Waals surface area contributed by atoms with Crippen molar-refractivity contribution >= 4 is 28.3 Å². The van der Waals surface area contributed by atoms with Crippen LogP contribution < -0.4 is 5.32 Å². The molecule has 0 spiro atoms. The van der Waals surface area contributed by atoms with Crippen LogP contribution in [0.4, 0.5) is 5.69 Å². The molecule has 0 saturated carbocycles. The van der Waals surface area contributed by atoms with Crippen LogP contribution in [0.2, 0.25) is 0 Å². The van der Waals surface area contributed by atoms with E-state index in [1.807, 2.05) is 0 Å². The van der Waals surface area contributed by atoms with E-state index in [4.69, 9.17) is 0 Å². The SMILES string of the molecule is CCN(CC)CC(O)CNc1cc(I)ccc1C. The maximum atomic E-state index is 10.00. The van der Waals surface area contributed by atoms with Crippen LogP contribution in [0.25, 0.3) is 0 Å². The summed E-state index contributed by atoms with van der Waals surface area (Å²) in [7, 11) is 0. The van der Waals surface area contributed by atoms with Crippen LogP contribution in [-0.2, 0) is 0 Å². The lowest BCUT2D eigenvalue weighted by molar-refractivity contribution is 0.128. The van der Waals surface area contributed by atoms with Gasteiger partial charge in [0.2, 0.25) is 0 Å². The van der Waals surface area contributed by atoms with Gasteiger partial charge < -0.3 is 15.3 Å². The number of anilines is 1. The molecule has 1 atom stereocenters. The van der Waals surface area contributed by atoms with Gasteiger partial charge in [0, 0.05) is 22.3 Å². The number of benzene rings is 1. The van der Waals surface area contributed by atoms with E-state index in [-0.39, 0.29) is 6.10 Å². The standard InChI is InChI=1S/C14H23IN2O/c1-4-17(5-2)10-13(18)9-16-14-8-12(15)7-6-11(14)3/h6-8,13,16,18H,4-5,9-10H2,1-3H3. The van der Waals surface area contributed by atoms with Crippen molar-refractivity contribution in [2.75, 3.05) is 31.5 Å². The maximum Gasteiger partial charge on any atom is 0.0839 e. The molecule has 3 nitrogen and oxygen atoms in total. The maximum absolute atomic E-state index is 10.00. The molecular formula is C14H23IN2O. The highest BCUT2D eigenvalue weighted by atomic mass is 127. The van der Waals surface area contributed by atoms with Crippen LogP contribution in [0, 0.1) is 10.5 Å². The predicted molar refractivity (Wildman–Crippen MR) is 86.2 cm³/mol. The number of aliphatic hydroxyl groups excluding tert-OH is 1. The quantitative estimate of drug-likeness (QED) is 0.733. The highest BCUT2D eigenvalue weighted by molar-refractivity contribution is 14.1. The van der Waals surface area contributed by atoms with Crippen LogP contribution >= 0.6 is 22.6 Å². The Bertz CT molecular complexity index is 367. The van der Waals surface area contributed by atoms with Crippen LogP contribution in [0.5, 0.6) is 0 Å². The van der Waals surface area contributed by atoms with E-state index >= 15 is 0 Å². The first-order valence-corrected chi connectivity index (χ1v) is 7.55. The summed E-state index contributed by atoms with van der Waals surface area (Å²) >= 11 is 2.30. The molecule has 2 N–H and O–H groups in total. The fourth-order valence-electron chi connectivity index (χ4n) is 1.86. The lowest BCUT2D eigenvalue weighted by Crippen LogP contribution is -2.36. The molecule has 1 aromatic rings. The summed E-state index contributed by atoms with van der Waals surface area (Å²) in [5.41, 5.74) is 2.32. The minimum atomic E-state index is -0.331. The minimum Gasteiger partial charge on any atom is -0.390 e. The van der Waals surface area contributed by atoms with Gasteiger partial charge in [-0.3, -0.25) is 0 Å². The lowest BCUT2D eigenvalue weighted by atomic mass is 10.2. The molecule has 0 fully saturated rings. The van der Waals surface area contributed by atoms with E-state index in [1.165, 1.54) is 9.13 Å². The summed E-state index contributed by atoms with van der Waals surface area (Å²) in [6.07, 6.45) is -0.331. The van der Waals surface area contributed by atoms with Gasteiger partial charge in [0.1, 0.15) is 0 Å². The number of hydrogen-bond acceptors (Lipinski definition) is 3. The average Bonchev–Trinajstić information content (AvgIpc) is 2.37. The van der Waals surface area contributed by atoms with Crippen molar-refractivity contribution in [3.63, 3.8) is 0 Å². The zero-order valence-corrected chi connectivity index (χ0v) is 13.6. The summed E-state index contributed by atoms with van der Waals surface area (Å²) in [6.45, 7) is 9.60. The van der Waals surface area contributed by atoms with Crippen molar-refractivity contribution in [1.29, 1.82) is 0 Å². The zero-order valence-electron chi connectivity index (χ0n) is 11.4.